The Balaban J connectivity index is 1.88. The van der Waals surface area contributed by atoms with Crippen molar-refractivity contribution in [1.29, 1.82) is 0 Å². The molecule has 19 heavy (non-hydrogen) atoms. The molecule has 3 nitrogen and oxygen atoms in total. The first kappa shape index (κ1) is 15.2. The second kappa shape index (κ2) is 6.48. The molecular formula is C13H18ClNO2S2. The van der Waals surface area contributed by atoms with Gasteiger partial charge in [-0.15, -0.1) is 11.3 Å². The maximum atomic E-state index is 11.4. The Morgan fingerprint density at radius 1 is 1.63 bits per heavy atom. The van der Waals surface area contributed by atoms with Gasteiger partial charge in [-0.3, -0.25) is 4.79 Å². The van der Waals surface area contributed by atoms with E-state index in [2.05, 4.69) is 0 Å². The van der Waals surface area contributed by atoms with Crippen LogP contribution in [0.3, 0.4) is 0 Å². The van der Waals surface area contributed by atoms with Gasteiger partial charge in [0, 0.05) is 17.2 Å². The lowest BCUT2D eigenvalue weighted by Crippen LogP contribution is -2.16. The Morgan fingerprint density at radius 2 is 2.37 bits per heavy atom. The standard InChI is InChI=1S/C13H18ClNO2S2/c1-17-12(16)6-13(4-5-13)8-18-10(7-15)9-2-3-11(14)19-9/h2-3,10H,4-8,15H2,1H3. The zero-order valence-electron chi connectivity index (χ0n) is 10.9. The summed E-state index contributed by atoms with van der Waals surface area (Å²) in [6.45, 7) is 0.593. The lowest BCUT2D eigenvalue weighted by Gasteiger charge is -2.18. The van der Waals surface area contributed by atoms with Crippen LogP contribution in [-0.4, -0.2) is 25.4 Å². The molecule has 0 spiro atoms. The topological polar surface area (TPSA) is 52.3 Å². The van der Waals surface area contributed by atoms with Crippen LogP contribution in [0.15, 0.2) is 12.1 Å². The van der Waals surface area contributed by atoms with E-state index in [0.717, 1.165) is 22.9 Å². The lowest BCUT2D eigenvalue weighted by molar-refractivity contribution is -0.141. The van der Waals surface area contributed by atoms with Crippen molar-refractivity contribution in [3.8, 4) is 0 Å². The highest BCUT2D eigenvalue weighted by atomic mass is 35.5. The first-order chi connectivity index (χ1) is 9.08. The predicted molar refractivity (Wildman–Crippen MR) is 81.9 cm³/mol. The van der Waals surface area contributed by atoms with Crippen LogP contribution < -0.4 is 5.73 Å². The van der Waals surface area contributed by atoms with Crippen molar-refractivity contribution in [2.45, 2.75) is 24.5 Å². The number of hydrogen-bond acceptors (Lipinski definition) is 5. The molecule has 2 rings (SSSR count). The Labute approximate surface area is 126 Å². The van der Waals surface area contributed by atoms with Gasteiger partial charge in [0.2, 0.25) is 0 Å². The van der Waals surface area contributed by atoms with Gasteiger partial charge in [0.25, 0.3) is 0 Å². The fraction of sp³-hybridized carbons (Fsp3) is 0.615. The summed E-state index contributed by atoms with van der Waals surface area (Å²) in [5.74, 6) is 0.848. The highest BCUT2D eigenvalue weighted by molar-refractivity contribution is 7.99. The fourth-order valence-electron chi connectivity index (χ4n) is 1.97. The number of thiophene rings is 1. The van der Waals surface area contributed by atoms with E-state index in [1.165, 1.54) is 12.0 Å². The third kappa shape index (κ3) is 4.12. The third-order valence-corrected chi connectivity index (χ3v) is 6.54. The first-order valence-electron chi connectivity index (χ1n) is 6.22. The van der Waals surface area contributed by atoms with Crippen LogP contribution >= 0.6 is 34.7 Å². The number of carbonyl (C=O) groups is 1. The maximum absolute atomic E-state index is 11.4. The molecule has 1 aliphatic rings. The molecule has 1 atom stereocenters. The average molecular weight is 320 g/mol. The van der Waals surface area contributed by atoms with Crippen LogP contribution in [0.4, 0.5) is 0 Å². The minimum Gasteiger partial charge on any atom is -0.469 e. The van der Waals surface area contributed by atoms with Gasteiger partial charge in [-0.2, -0.15) is 11.8 Å². The van der Waals surface area contributed by atoms with Gasteiger partial charge in [-0.25, -0.2) is 0 Å². The molecule has 0 saturated heterocycles. The van der Waals surface area contributed by atoms with Crippen molar-refractivity contribution in [3.63, 3.8) is 0 Å². The van der Waals surface area contributed by atoms with E-state index >= 15 is 0 Å². The molecule has 0 amide bonds. The molecule has 1 aromatic heterocycles. The summed E-state index contributed by atoms with van der Waals surface area (Å²) in [6, 6.07) is 3.95. The molecule has 0 aromatic carbocycles. The molecule has 0 bridgehead atoms. The molecule has 0 radical (unpaired) electrons. The second-order valence-electron chi connectivity index (χ2n) is 4.93. The molecule has 1 aromatic rings. The number of hydrogen-bond donors (Lipinski definition) is 1. The van der Waals surface area contributed by atoms with E-state index in [-0.39, 0.29) is 16.6 Å². The molecule has 1 heterocycles. The van der Waals surface area contributed by atoms with Crippen LogP contribution in [0, 0.1) is 5.41 Å². The molecule has 1 unspecified atom stereocenters. The highest BCUT2D eigenvalue weighted by Gasteiger charge is 2.44. The molecule has 2 N–H and O–H groups in total. The Kier molecular flexibility index (Phi) is 5.17. The number of ether oxygens (including phenoxy) is 1. The SMILES string of the molecule is COC(=O)CC1(CSC(CN)c2ccc(Cl)s2)CC1. The molecule has 1 fully saturated rings. The summed E-state index contributed by atoms with van der Waals surface area (Å²) < 4.78 is 5.55. The lowest BCUT2D eigenvalue weighted by atomic mass is 10.1. The summed E-state index contributed by atoms with van der Waals surface area (Å²) in [5, 5.41) is 0.271. The van der Waals surface area contributed by atoms with E-state index in [1.807, 2.05) is 23.9 Å². The average Bonchev–Trinajstić information content (AvgIpc) is 3.02. The van der Waals surface area contributed by atoms with Crippen molar-refractivity contribution in [1.82, 2.24) is 0 Å². The van der Waals surface area contributed by atoms with Gasteiger partial charge >= 0.3 is 5.97 Å². The smallest absolute Gasteiger partial charge is 0.306 e. The van der Waals surface area contributed by atoms with Gasteiger partial charge < -0.3 is 10.5 Å². The van der Waals surface area contributed by atoms with Crippen LogP contribution in [-0.2, 0) is 9.53 Å². The van der Waals surface area contributed by atoms with E-state index in [0.29, 0.717) is 13.0 Å². The van der Waals surface area contributed by atoms with Gasteiger partial charge in [-0.1, -0.05) is 11.6 Å². The number of thioether (sulfide) groups is 1. The summed E-state index contributed by atoms with van der Waals surface area (Å²) in [6.07, 6.45) is 2.74. The zero-order valence-corrected chi connectivity index (χ0v) is 13.2. The maximum Gasteiger partial charge on any atom is 0.306 e. The molecular weight excluding hydrogens is 302 g/mol. The van der Waals surface area contributed by atoms with E-state index < -0.39 is 0 Å². The van der Waals surface area contributed by atoms with Gasteiger partial charge in [0.05, 0.1) is 23.1 Å². The van der Waals surface area contributed by atoms with Crippen molar-refractivity contribution in [3.05, 3.63) is 21.3 Å². The summed E-state index contributed by atoms with van der Waals surface area (Å²) in [7, 11) is 1.45. The summed E-state index contributed by atoms with van der Waals surface area (Å²) >= 11 is 9.37. The number of halogens is 1. The zero-order chi connectivity index (χ0) is 13.9. The van der Waals surface area contributed by atoms with Crippen LogP contribution in [0.5, 0.6) is 0 Å². The molecule has 0 aliphatic heterocycles. The van der Waals surface area contributed by atoms with Crippen molar-refractivity contribution >= 4 is 40.7 Å². The second-order valence-corrected chi connectivity index (χ2v) is 7.87. The van der Waals surface area contributed by atoms with E-state index in [1.54, 1.807) is 11.3 Å². The Morgan fingerprint density at radius 3 is 2.84 bits per heavy atom. The van der Waals surface area contributed by atoms with Gasteiger partial charge in [0.15, 0.2) is 0 Å². The van der Waals surface area contributed by atoms with Crippen LogP contribution in [0.1, 0.15) is 29.4 Å². The molecule has 6 heteroatoms. The number of methoxy groups -OCH3 is 1. The van der Waals surface area contributed by atoms with Crippen LogP contribution in [0.25, 0.3) is 0 Å². The highest BCUT2D eigenvalue weighted by Crippen LogP contribution is 2.53. The van der Waals surface area contributed by atoms with Crippen molar-refractivity contribution in [2.75, 3.05) is 19.4 Å². The van der Waals surface area contributed by atoms with Crippen molar-refractivity contribution < 1.29 is 9.53 Å². The largest absolute Gasteiger partial charge is 0.469 e. The summed E-state index contributed by atoms with van der Waals surface area (Å²) in [5.41, 5.74) is 5.99. The number of carbonyl (C=O) groups excluding carboxylic acids is 1. The van der Waals surface area contributed by atoms with Gasteiger partial charge in [0.1, 0.15) is 0 Å². The summed E-state index contributed by atoms with van der Waals surface area (Å²) in [4.78, 5) is 12.6. The molecule has 1 saturated carbocycles. The molecule has 1 aliphatic carbocycles. The van der Waals surface area contributed by atoms with Crippen molar-refractivity contribution in [2.24, 2.45) is 11.1 Å². The van der Waals surface area contributed by atoms with E-state index in [4.69, 9.17) is 22.1 Å². The predicted octanol–water partition coefficient (Wildman–Crippen LogP) is 3.48. The normalized spacial score (nSPS) is 18.1. The minimum absolute atomic E-state index is 0.110. The Hall–Kier alpha value is -0.230. The number of rotatable bonds is 7. The quantitative estimate of drug-likeness (QED) is 0.782. The number of esters is 1. The fourth-order valence-corrected chi connectivity index (χ4v) is 4.70. The minimum atomic E-state index is -0.110. The third-order valence-electron chi connectivity index (χ3n) is 3.42. The number of nitrogens with two attached hydrogens (primary N) is 1. The Bertz CT molecular complexity index is 446. The van der Waals surface area contributed by atoms with Crippen LogP contribution in [0.2, 0.25) is 4.34 Å². The monoisotopic (exact) mass is 319 g/mol. The first-order valence-corrected chi connectivity index (χ1v) is 8.46. The van der Waals surface area contributed by atoms with Gasteiger partial charge in [-0.05, 0) is 30.4 Å². The molecule has 106 valence electrons. The van der Waals surface area contributed by atoms with E-state index in [9.17, 15) is 4.79 Å².